The molecule has 0 atom stereocenters. The molecule has 31 heavy (non-hydrogen) atoms. The molecule has 0 bridgehead atoms. The second-order valence-electron chi connectivity index (χ2n) is 7.63. The zero-order valence-corrected chi connectivity index (χ0v) is 19.2. The number of carbonyl (C=O) groups is 1. The van der Waals surface area contributed by atoms with Gasteiger partial charge in [0.2, 0.25) is 5.91 Å². The van der Waals surface area contributed by atoms with E-state index >= 15 is 0 Å². The number of anilines is 1. The maximum Gasteiger partial charge on any atom is 0.226 e. The highest BCUT2D eigenvalue weighted by atomic mass is 32.1. The summed E-state index contributed by atoms with van der Waals surface area (Å²) in [7, 11) is 0. The number of carbonyl (C=O) groups excluding carboxylic acids is 1. The first-order valence-electron chi connectivity index (χ1n) is 10.8. The lowest BCUT2D eigenvalue weighted by Crippen LogP contribution is -2.12. The van der Waals surface area contributed by atoms with Gasteiger partial charge in [0, 0.05) is 17.4 Å². The lowest BCUT2D eigenvalue weighted by Gasteiger charge is -2.09. The molecule has 0 unspecified atom stereocenters. The number of aromatic nitrogens is 1. The van der Waals surface area contributed by atoms with E-state index < -0.39 is 0 Å². The van der Waals surface area contributed by atoms with Crippen LogP contribution >= 0.6 is 11.3 Å². The first-order valence-corrected chi connectivity index (χ1v) is 11.6. The van der Waals surface area contributed by atoms with Crippen molar-refractivity contribution >= 4 is 22.4 Å². The van der Waals surface area contributed by atoms with Gasteiger partial charge in [-0.2, -0.15) is 0 Å². The minimum absolute atomic E-state index is 0.0528. The highest BCUT2D eigenvalue weighted by molar-refractivity contribution is 7.14. The zero-order valence-electron chi connectivity index (χ0n) is 18.4. The summed E-state index contributed by atoms with van der Waals surface area (Å²) < 4.78 is 11.3. The van der Waals surface area contributed by atoms with Gasteiger partial charge in [-0.15, -0.1) is 11.3 Å². The Morgan fingerprint density at radius 1 is 1.00 bits per heavy atom. The SMILES string of the molecule is CCCOc1ccc(-c2csc(NC(=O)CCCOc3ccc(C(C)C)cc3)n2)cc1. The van der Waals surface area contributed by atoms with Crippen molar-refractivity contribution in [3.05, 3.63) is 59.5 Å². The summed E-state index contributed by atoms with van der Waals surface area (Å²) >= 11 is 1.42. The van der Waals surface area contributed by atoms with Crippen LogP contribution in [-0.4, -0.2) is 24.1 Å². The van der Waals surface area contributed by atoms with Crippen LogP contribution in [0.5, 0.6) is 11.5 Å². The molecule has 3 rings (SSSR count). The fourth-order valence-electron chi connectivity index (χ4n) is 2.96. The van der Waals surface area contributed by atoms with E-state index in [0.29, 0.717) is 37.1 Å². The molecule has 0 spiro atoms. The third-order valence-corrected chi connectivity index (χ3v) is 5.49. The van der Waals surface area contributed by atoms with Gasteiger partial charge in [0.25, 0.3) is 0 Å². The van der Waals surface area contributed by atoms with Gasteiger partial charge in [-0.25, -0.2) is 4.98 Å². The molecule has 3 aromatic rings. The van der Waals surface area contributed by atoms with Crippen LogP contribution in [0.25, 0.3) is 11.3 Å². The number of nitrogens with one attached hydrogen (secondary N) is 1. The van der Waals surface area contributed by atoms with Crippen molar-refractivity contribution in [1.29, 1.82) is 0 Å². The van der Waals surface area contributed by atoms with Crippen LogP contribution < -0.4 is 14.8 Å². The Kier molecular flexibility index (Phi) is 8.47. The molecule has 0 aliphatic carbocycles. The van der Waals surface area contributed by atoms with Crippen LogP contribution in [0.3, 0.4) is 0 Å². The summed E-state index contributed by atoms with van der Waals surface area (Å²) in [5.74, 6) is 2.14. The highest BCUT2D eigenvalue weighted by Gasteiger charge is 2.09. The van der Waals surface area contributed by atoms with Crippen molar-refractivity contribution < 1.29 is 14.3 Å². The molecule has 0 aliphatic rings. The van der Waals surface area contributed by atoms with Crippen LogP contribution in [0.1, 0.15) is 51.5 Å². The number of hydrogen-bond acceptors (Lipinski definition) is 5. The standard InChI is InChI=1S/C25H30N2O3S/c1-4-15-29-21-13-9-20(10-14-21)23-17-31-25(26-23)27-24(28)6-5-16-30-22-11-7-19(8-12-22)18(2)3/h7-14,17-18H,4-6,15-16H2,1-3H3,(H,26,27,28). The third kappa shape index (κ3) is 7.10. The van der Waals surface area contributed by atoms with Crippen molar-refractivity contribution in [2.75, 3.05) is 18.5 Å². The number of rotatable bonds is 11. The molecule has 0 saturated heterocycles. The van der Waals surface area contributed by atoms with E-state index in [1.54, 1.807) is 0 Å². The Morgan fingerprint density at radius 2 is 1.65 bits per heavy atom. The van der Waals surface area contributed by atoms with Crippen LogP contribution in [0.15, 0.2) is 53.9 Å². The van der Waals surface area contributed by atoms with Crippen LogP contribution in [0, 0.1) is 0 Å². The normalized spacial score (nSPS) is 10.8. The van der Waals surface area contributed by atoms with Gasteiger partial charge in [0.15, 0.2) is 5.13 Å². The number of ether oxygens (including phenoxy) is 2. The average Bonchev–Trinajstić information content (AvgIpc) is 3.24. The molecule has 0 fully saturated rings. The number of amides is 1. The Bertz CT molecular complexity index is 950. The first-order chi connectivity index (χ1) is 15.0. The third-order valence-electron chi connectivity index (χ3n) is 4.74. The number of hydrogen-bond donors (Lipinski definition) is 1. The van der Waals surface area contributed by atoms with Gasteiger partial charge >= 0.3 is 0 Å². The monoisotopic (exact) mass is 438 g/mol. The minimum atomic E-state index is -0.0528. The van der Waals surface area contributed by atoms with Crippen molar-refractivity contribution in [2.24, 2.45) is 0 Å². The number of benzene rings is 2. The Morgan fingerprint density at radius 3 is 2.29 bits per heavy atom. The largest absolute Gasteiger partial charge is 0.494 e. The minimum Gasteiger partial charge on any atom is -0.494 e. The van der Waals surface area contributed by atoms with Crippen molar-refractivity contribution in [3.63, 3.8) is 0 Å². The summed E-state index contributed by atoms with van der Waals surface area (Å²) in [6, 6.07) is 16.0. The summed E-state index contributed by atoms with van der Waals surface area (Å²) in [5.41, 5.74) is 3.13. The molecule has 5 nitrogen and oxygen atoms in total. The molecule has 1 amide bonds. The molecular formula is C25H30N2O3S. The van der Waals surface area contributed by atoms with Crippen molar-refractivity contribution in [3.8, 4) is 22.8 Å². The summed E-state index contributed by atoms with van der Waals surface area (Å²) in [6.45, 7) is 7.63. The second-order valence-corrected chi connectivity index (χ2v) is 8.49. The number of nitrogens with zero attached hydrogens (tertiary/aromatic N) is 1. The summed E-state index contributed by atoms with van der Waals surface area (Å²) in [5, 5.41) is 5.43. The molecule has 1 heterocycles. The van der Waals surface area contributed by atoms with Gasteiger partial charge < -0.3 is 14.8 Å². The molecule has 0 saturated carbocycles. The highest BCUT2D eigenvalue weighted by Crippen LogP contribution is 2.26. The summed E-state index contributed by atoms with van der Waals surface area (Å²) in [4.78, 5) is 16.7. The average molecular weight is 439 g/mol. The predicted octanol–water partition coefficient (Wildman–Crippen LogP) is 6.52. The van der Waals surface area contributed by atoms with Gasteiger partial charge in [-0.3, -0.25) is 4.79 Å². The molecule has 6 heteroatoms. The van der Waals surface area contributed by atoms with E-state index in [9.17, 15) is 4.79 Å². The Labute approximate surface area is 188 Å². The Balaban J connectivity index is 1.41. The lowest BCUT2D eigenvalue weighted by atomic mass is 10.0. The van der Waals surface area contributed by atoms with Crippen molar-refractivity contribution in [1.82, 2.24) is 4.98 Å². The molecule has 2 aromatic carbocycles. The topological polar surface area (TPSA) is 60.5 Å². The van der Waals surface area contributed by atoms with Crippen LogP contribution in [0.4, 0.5) is 5.13 Å². The zero-order chi connectivity index (χ0) is 22.1. The van der Waals surface area contributed by atoms with Gasteiger partial charge in [0.05, 0.1) is 18.9 Å². The molecule has 0 aliphatic heterocycles. The quantitative estimate of drug-likeness (QED) is 0.346. The molecule has 1 N–H and O–H groups in total. The fourth-order valence-corrected chi connectivity index (χ4v) is 3.69. The van der Waals surface area contributed by atoms with E-state index in [-0.39, 0.29) is 5.91 Å². The van der Waals surface area contributed by atoms with E-state index in [0.717, 1.165) is 29.2 Å². The van der Waals surface area contributed by atoms with E-state index in [1.807, 2.05) is 41.8 Å². The lowest BCUT2D eigenvalue weighted by molar-refractivity contribution is -0.116. The van der Waals surface area contributed by atoms with Gasteiger partial charge in [-0.1, -0.05) is 32.9 Å². The first kappa shape index (κ1) is 22.8. The van der Waals surface area contributed by atoms with E-state index in [4.69, 9.17) is 9.47 Å². The van der Waals surface area contributed by atoms with E-state index in [1.165, 1.54) is 16.9 Å². The number of thiazole rings is 1. The van der Waals surface area contributed by atoms with Crippen LogP contribution in [-0.2, 0) is 4.79 Å². The van der Waals surface area contributed by atoms with Crippen molar-refractivity contribution in [2.45, 2.75) is 46.0 Å². The smallest absolute Gasteiger partial charge is 0.226 e. The van der Waals surface area contributed by atoms with E-state index in [2.05, 4.69) is 43.2 Å². The molecular weight excluding hydrogens is 408 g/mol. The fraction of sp³-hybridized carbons (Fsp3) is 0.360. The Hall–Kier alpha value is -2.86. The van der Waals surface area contributed by atoms with Gasteiger partial charge in [0.1, 0.15) is 11.5 Å². The molecule has 164 valence electrons. The molecule has 1 aromatic heterocycles. The summed E-state index contributed by atoms with van der Waals surface area (Å²) in [6.07, 6.45) is 2.02. The van der Waals surface area contributed by atoms with Gasteiger partial charge in [-0.05, 0) is 60.7 Å². The second kappa shape index (κ2) is 11.5. The molecule has 0 radical (unpaired) electrons. The van der Waals surface area contributed by atoms with Crippen LogP contribution in [0.2, 0.25) is 0 Å². The maximum atomic E-state index is 12.2. The predicted molar refractivity (Wildman–Crippen MR) is 127 cm³/mol. The maximum absolute atomic E-state index is 12.2.